The van der Waals surface area contributed by atoms with Gasteiger partial charge in [0, 0.05) is 16.8 Å². The van der Waals surface area contributed by atoms with Crippen LogP contribution in [0.5, 0.6) is 0 Å². The van der Waals surface area contributed by atoms with Crippen molar-refractivity contribution in [3.63, 3.8) is 0 Å². The number of rotatable bonds is 5. The maximum atomic E-state index is 5.48. The lowest BCUT2D eigenvalue weighted by atomic mass is 10.2. The summed E-state index contributed by atoms with van der Waals surface area (Å²) in [6.45, 7) is 1.18. The second-order valence-corrected chi connectivity index (χ2v) is 5.25. The van der Waals surface area contributed by atoms with Crippen molar-refractivity contribution < 1.29 is 0 Å². The first kappa shape index (κ1) is 12.5. The van der Waals surface area contributed by atoms with Gasteiger partial charge >= 0.3 is 0 Å². The number of benzene rings is 1. The van der Waals surface area contributed by atoms with Crippen molar-refractivity contribution >= 4 is 27.7 Å². The molecule has 0 atom stereocenters. The summed E-state index contributed by atoms with van der Waals surface area (Å²) in [5.41, 5.74) is 6.71. The van der Waals surface area contributed by atoms with Crippen LogP contribution in [0.25, 0.3) is 0 Å². The molecule has 1 heterocycles. The molecule has 1 aromatic heterocycles. The summed E-state index contributed by atoms with van der Waals surface area (Å²) in [7, 11) is 0. The molecule has 0 saturated carbocycles. The predicted molar refractivity (Wildman–Crippen MR) is 70.6 cm³/mol. The Hall–Kier alpha value is -0.920. The van der Waals surface area contributed by atoms with E-state index < -0.39 is 0 Å². The van der Waals surface area contributed by atoms with Crippen LogP contribution < -0.4 is 5.73 Å². The lowest BCUT2D eigenvalue weighted by molar-refractivity contribution is 0.557. The topological polar surface area (TPSA) is 69.6 Å². The predicted octanol–water partition coefficient (Wildman–Crippen LogP) is 1.69. The Labute approximate surface area is 112 Å². The van der Waals surface area contributed by atoms with Crippen molar-refractivity contribution in [2.45, 2.75) is 17.5 Å². The zero-order valence-electron chi connectivity index (χ0n) is 9.08. The number of tetrazole rings is 1. The van der Waals surface area contributed by atoms with Gasteiger partial charge in [0.2, 0.25) is 5.16 Å². The molecule has 1 aromatic carbocycles. The SMILES string of the molecule is NCCn1nnnc1SCc1cccc(Br)c1. The average Bonchev–Trinajstić information content (AvgIpc) is 2.75. The Bertz CT molecular complexity index is 487. The number of aromatic nitrogens is 4. The Morgan fingerprint density at radius 2 is 2.29 bits per heavy atom. The highest BCUT2D eigenvalue weighted by Gasteiger charge is 2.06. The monoisotopic (exact) mass is 313 g/mol. The number of nitrogens with zero attached hydrogens (tertiary/aromatic N) is 4. The molecule has 0 aliphatic rings. The number of nitrogens with two attached hydrogens (primary N) is 1. The smallest absolute Gasteiger partial charge is 0.209 e. The van der Waals surface area contributed by atoms with Gasteiger partial charge in [-0.3, -0.25) is 0 Å². The fourth-order valence-electron chi connectivity index (χ4n) is 1.34. The highest BCUT2D eigenvalue weighted by atomic mass is 79.9. The number of halogens is 1. The Kier molecular flexibility index (Phi) is 4.52. The van der Waals surface area contributed by atoms with E-state index in [-0.39, 0.29) is 0 Å². The summed E-state index contributed by atoms with van der Waals surface area (Å²) in [5.74, 6) is 0.838. The zero-order valence-corrected chi connectivity index (χ0v) is 11.5. The minimum absolute atomic E-state index is 0.537. The summed E-state index contributed by atoms with van der Waals surface area (Å²) in [6, 6.07) is 8.19. The van der Waals surface area contributed by atoms with Gasteiger partial charge in [-0.2, -0.15) is 0 Å². The molecule has 0 saturated heterocycles. The van der Waals surface area contributed by atoms with Crippen LogP contribution in [-0.4, -0.2) is 26.8 Å². The van der Waals surface area contributed by atoms with Crippen molar-refractivity contribution in [2.24, 2.45) is 5.73 Å². The minimum Gasteiger partial charge on any atom is -0.329 e. The largest absolute Gasteiger partial charge is 0.329 e. The van der Waals surface area contributed by atoms with Crippen LogP contribution in [-0.2, 0) is 12.3 Å². The highest BCUT2D eigenvalue weighted by Crippen LogP contribution is 2.21. The Morgan fingerprint density at radius 1 is 1.41 bits per heavy atom. The molecule has 0 spiro atoms. The van der Waals surface area contributed by atoms with Gasteiger partial charge in [-0.05, 0) is 28.1 Å². The second-order valence-electron chi connectivity index (χ2n) is 3.39. The number of thioether (sulfide) groups is 1. The van der Waals surface area contributed by atoms with Crippen molar-refractivity contribution in [3.05, 3.63) is 34.3 Å². The van der Waals surface area contributed by atoms with Gasteiger partial charge in [-0.15, -0.1) is 5.10 Å². The zero-order chi connectivity index (χ0) is 12.1. The standard InChI is InChI=1S/C10H12BrN5S/c11-9-3-1-2-8(6-9)7-17-10-13-14-15-16(10)5-4-12/h1-3,6H,4-5,7,12H2. The van der Waals surface area contributed by atoms with E-state index in [1.54, 1.807) is 16.4 Å². The lowest BCUT2D eigenvalue weighted by Gasteiger charge is -2.03. The first-order valence-corrected chi connectivity index (χ1v) is 6.91. The molecular formula is C10H12BrN5S. The van der Waals surface area contributed by atoms with E-state index in [0.29, 0.717) is 13.1 Å². The van der Waals surface area contributed by atoms with Crippen LogP contribution in [0.1, 0.15) is 5.56 Å². The van der Waals surface area contributed by atoms with Crippen LogP contribution in [0.15, 0.2) is 33.9 Å². The number of hydrogen-bond donors (Lipinski definition) is 1. The van der Waals surface area contributed by atoms with Crippen LogP contribution in [0, 0.1) is 0 Å². The Balaban J connectivity index is 1.99. The molecule has 0 radical (unpaired) electrons. The van der Waals surface area contributed by atoms with Crippen LogP contribution in [0.4, 0.5) is 0 Å². The number of hydrogen-bond acceptors (Lipinski definition) is 5. The van der Waals surface area contributed by atoms with Crippen LogP contribution >= 0.6 is 27.7 Å². The molecular weight excluding hydrogens is 302 g/mol. The Morgan fingerprint density at radius 3 is 3.06 bits per heavy atom. The molecule has 0 aliphatic carbocycles. The van der Waals surface area contributed by atoms with Crippen molar-refractivity contribution in [1.82, 2.24) is 20.2 Å². The van der Waals surface area contributed by atoms with E-state index in [9.17, 15) is 0 Å². The molecule has 2 N–H and O–H groups in total. The fourth-order valence-corrected chi connectivity index (χ4v) is 2.63. The first-order chi connectivity index (χ1) is 8.29. The van der Waals surface area contributed by atoms with Gasteiger partial charge in [-0.1, -0.05) is 39.8 Å². The molecule has 2 aromatic rings. The third-order valence-corrected chi connectivity index (χ3v) is 3.62. The average molecular weight is 314 g/mol. The molecule has 90 valence electrons. The third kappa shape index (κ3) is 3.52. The highest BCUT2D eigenvalue weighted by molar-refractivity contribution is 9.10. The maximum absolute atomic E-state index is 5.48. The summed E-state index contributed by atoms with van der Waals surface area (Å²) in [6.07, 6.45) is 0. The van der Waals surface area contributed by atoms with E-state index in [0.717, 1.165) is 15.4 Å². The van der Waals surface area contributed by atoms with Crippen LogP contribution in [0.3, 0.4) is 0 Å². The molecule has 2 rings (SSSR count). The van der Waals surface area contributed by atoms with E-state index in [1.165, 1.54) is 5.56 Å². The summed E-state index contributed by atoms with van der Waals surface area (Å²) >= 11 is 5.05. The molecule has 7 heteroatoms. The second kappa shape index (κ2) is 6.13. The summed E-state index contributed by atoms with van der Waals surface area (Å²) in [5, 5.41) is 12.3. The molecule has 0 unspecified atom stereocenters. The van der Waals surface area contributed by atoms with E-state index in [2.05, 4.69) is 43.6 Å². The lowest BCUT2D eigenvalue weighted by Crippen LogP contribution is -2.12. The molecule has 0 fully saturated rings. The maximum Gasteiger partial charge on any atom is 0.209 e. The van der Waals surface area contributed by atoms with Gasteiger partial charge in [0.25, 0.3) is 0 Å². The molecule has 0 aliphatic heterocycles. The first-order valence-electron chi connectivity index (χ1n) is 5.13. The van der Waals surface area contributed by atoms with Crippen molar-refractivity contribution in [3.8, 4) is 0 Å². The van der Waals surface area contributed by atoms with Crippen LogP contribution in [0.2, 0.25) is 0 Å². The molecule has 0 bridgehead atoms. The van der Waals surface area contributed by atoms with E-state index in [4.69, 9.17) is 5.73 Å². The van der Waals surface area contributed by atoms with Gasteiger partial charge in [-0.25, -0.2) is 4.68 Å². The van der Waals surface area contributed by atoms with Gasteiger partial charge in [0.05, 0.1) is 6.54 Å². The van der Waals surface area contributed by atoms with Crippen molar-refractivity contribution in [2.75, 3.05) is 6.54 Å². The van der Waals surface area contributed by atoms with Gasteiger partial charge in [0.15, 0.2) is 0 Å². The molecule has 5 nitrogen and oxygen atoms in total. The summed E-state index contributed by atoms with van der Waals surface area (Å²) < 4.78 is 2.81. The quantitative estimate of drug-likeness (QED) is 0.851. The summed E-state index contributed by atoms with van der Waals surface area (Å²) in [4.78, 5) is 0. The van der Waals surface area contributed by atoms with Gasteiger partial charge < -0.3 is 5.73 Å². The fraction of sp³-hybridized carbons (Fsp3) is 0.300. The normalized spacial score (nSPS) is 10.7. The van der Waals surface area contributed by atoms with Crippen molar-refractivity contribution in [1.29, 1.82) is 0 Å². The molecule has 17 heavy (non-hydrogen) atoms. The van der Waals surface area contributed by atoms with Gasteiger partial charge in [0.1, 0.15) is 0 Å². The molecule has 0 amide bonds. The third-order valence-electron chi connectivity index (χ3n) is 2.10. The minimum atomic E-state index is 0.537. The van der Waals surface area contributed by atoms with E-state index >= 15 is 0 Å². The van der Waals surface area contributed by atoms with E-state index in [1.807, 2.05) is 12.1 Å².